The van der Waals surface area contributed by atoms with Gasteiger partial charge in [0.2, 0.25) is 11.8 Å². The highest BCUT2D eigenvalue weighted by atomic mass is 16.2. The molecule has 4 heteroatoms. The van der Waals surface area contributed by atoms with Crippen LogP contribution in [0.25, 0.3) is 0 Å². The van der Waals surface area contributed by atoms with Crippen LogP contribution < -0.4 is 0 Å². The number of rotatable bonds is 2. The zero-order valence-corrected chi connectivity index (χ0v) is 16.4. The number of carbonyl (C=O) groups is 2. The first-order chi connectivity index (χ1) is 13.0. The summed E-state index contributed by atoms with van der Waals surface area (Å²) in [4.78, 5) is 27.1. The van der Waals surface area contributed by atoms with E-state index in [1.54, 1.807) is 0 Å². The molecule has 9 fully saturated rings. The molecular formula is C23H32N2O2. The molecule has 2 amide bonds. The van der Waals surface area contributed by atoms with Gasteiger partial charge < -0.3 is 0 Å². The van der Waals surface area contributed by atoms with Crippen molar-refractivity contribution in [3.63, 3.8) is 0 Å². The van der Waals surface area contributed by atoms with Gasteiger partial charge in [-0.3, -0.25) is 9.59 Å². The molecule has 0 radical (unpaired) electrons. The second-order valence-corrected chi connectivity index (χ2v) is 11.9. The number of nitrogens with zero attached hydrogens (tertiary/aromatic N) is 2. The molecule has 1 heterocycles. The largest absolute Gasteiger partial charge is 0.272 e. The topological polar surface area (TPSA) is 40.2 Å². The van der Waals surface area contributed by atoms with Crippen molar-refractivity contribution in [2.45, 2.75) is 77.0 Å². The Morgan fingerprint density at radius 2 is 0.778 bits per heavy atom. The standard InChI is InChI=1S/C23H32N2O2/c26-20(22-7-14-1-15(8-22)3-16(2-14)9-22)24-13-25(24)21(27)23-10-17-4-18(11-23)6-19(5-17)12-23/h14-19H,1-13H2. The molecule has 8 bridgehead atoms. The maximum Gasteiger partial charge on any atom is 0.249 e. The number of amides is 2. The second-order valence-electron chi connectivity index (χ2n) is 11.9. The highest BCUT2D eigenvalue weighted by molar-refractivity contribution is 5.92. The van der Waals surface area contributed by atoms with E-state index in [9.17, 15) is 9.59 Å². The first kappa shape index (κ1) is 15.8. The van der Waals surface area contributed by atoms with Crippen LogP contribution in [0.5, 0.6) is 0 Å². The van der Waals surface area contributed by atoms with Gasteiger partial charge in [-0.25, -0.2) is 10.0 Å². The first-order valence-electron chi connectivity index (χ1n) is 11.7. The molecule has 0 spiro atoms. The average molecular weight is 369 g/mol. The fourth-order valence-corrected chi connectivity index (χ4v) is 9.74. The third-order valence-electron chi connectivity index (χ3n) is 9.93. The summed E-state index contributed by atoms with van der Waals surface area (Å²) in [6, 6.07) is 0. The van der Waals surface area contributed by atoms with Gasteiger partial charge in [0.15, 0.2) is 0 Å². The first-order valence-corrected chi connectivity index (χ1v) is 11.7. The van der Waals surface area contributed by atoms with Crippen LogP contribution in [0.15, 0.2) is 0 Å². The van der Waals surface area contributed by atoms with Crippen LogP contribution in [0.4, 0.5) is 0 Å². The van der Waals surface area contributed by atoms with Crippen molar-refractivity contribution in [3.05, 3.63) is 0 Å². The molecule has 0 atom stereocenters. The van der Waals surface area contributed by atoms with Gasteiger partial charge in [0.25, 0.3) is 0 Å². The predicted molar refractivity (Wildman–Crippen MR) is 99.8 cm³/mol. The van der Waals surface area contributed by atoms with E-state index in [0.29, 0.717) is 18.5 Å². The van der Waals surface area contributed by atoms with Crippen LogP contribution in [-0.4, -0.2) is 28.5 Å². The predicted octanol–water partition coefficient (Wildman–Crippen LogP) is 3.96. The van der Waals surface area contributed by atoms with E-state index in [0.717, 1.165) is 74.0 Å². The van der Waals surface area contributed by atoms with Crippen molar-refractivity contribution >= 4 is 11.8 Å². The van der Waals surface area contributed by atoms with Crippen molar-refractivity contribution in [2.24, 2.45) is 46.3 Å². The van der Waals surface area contributed by atoms with Gasteiger partial charge in [-0.1, -0.05) is 0 Å². The summed E-state index contributed by atoms with van der Waals surface area (Å²) in [6.07, 6.45) is 14.8. The summed E-state index contributed by atoms with van der Waals surface area (Å²) in [7, 11) is 0. The number of hydrazine groups is 1. The quantitative estimate of drug-likeness (QED) is 0.692. The monoisotopic (exact) mass is 368 g/mol. The molecule has 8 aliphatic carbocycles. The van der Waals surface area contributed by atoms with Crippen LogP contribution in [0.2, 0.25) is 0 Å². The van der Waals surface area contributed by atoms with Crippen molar-refractivity contribution < 1.29 is 9.59 Å². The Kier molecular flexibility index (Phi) is 2.88. The van der Waals surface area contributed by atoms with Crippen molar-refractivity contribution in [1.82, 2.24) is 10.0 Å². The Morgan fingerprint density at radius 3 is 1.04 bits per heavy atom. The summed E-state index contributed by atoms with van der Waals surface area (Å²) in [5.41, 5.74) is -0.212. The lowest BCUT2D eigenvalue weighted by Crippen LogP contribution is -2.54. The lowest BCUT2D eigenvalue weighted by atomic mass is 9.49. The number of hydrogen-bond donors (Lipinski definition) is 0. The smallest absolute Gasteiger partial charge is 0.249 e. The lowest BCUT2D eigenvalue weighted by molar-refractivity contribution is -0.164. The fourth-order valence-electron chi connectivity index (χ4n) is 9.74. The van der Waals surface area contributed by atoms with Gasteiger partial charge in [0.05, 0.1) is 10.8 Å². The number of hydrogen-bond acceptors (Lipinski definition) is 2. The summed E-state index contributed by atoms with van der Waals surface area (Å²) in [6.45, 7) is 0.584. The maximum atomic E-state index is 13.5. The van der Waals surface area contributed by atoms with Crippen molar-refractivity contribution in [2.75, 3.05) is 6.67 Å². The normalized spacial score (nSPS) is 53.9. The molecule has 1 aliphatic heterocycles. The molecule has 0 aromatic rings. The Labute approximate surface area is 162 Å². The molecule has 0 unspecified atom stereocenters. The van der Waals surface area contributed by atoms with Crippen LogP contribution >= 0.6 is 0 Å². The van der Waals surface area contributed by atoms with E-state index in [2.05, 4.69) is 0 Å². The lowest BCUT2D eigenvalue weighted by Gasteiger charge is -2.56. The van der Waals surface area contributed by atoms with Gasteiger partial charge in [-0.15, -0.1) is 0 Å². The minimum atomic E-state index is -0.106. The maximum absolute atomic E-state index is 13.5. The molecule has 1 saturated heterocycles. The molecule has 0 N–H and O–H groups in total. The Bertz CT molecular complexity index is 597. The van der Waals surface area contributed by atoms with Crippen molar-refractivity contribution in [3.8, 4) is 0 Å². The Hall–Kier alpha value is -1.06. The average Bonchev–Trinajstić information content (AvgIpc) is 3.38. The molecule has 0 aromatic carbocycles. The molecule has 146 valence electrons. The van der Waals surface area contributed by atoms with Gasteiger partial charge >= 0.3 is 0 Å². The van der Waals surface area contributed by atoms with Crippen LogP contribution in [0.3, 0.4) is 0 Å². The highest BCUT2D eigenvalue weighted by Gasteiger charge is 2.62. The van der Waals surface area contributed by atoms with Crippen molar-refractivity contribution in [1.29, 1.82) is 0 Å². The summed E-state index contributed by atoms with van der Waals surface area (Å²) >= 11 is 0. The van der Waals surface area contributed by atoms with E-state index >= 15 is 0 Å². The summed E-state index contributed by atoms with van der Waals surface area (Å²) in [5, 5.41) is 3.74. The molecule has 0 aromatic heterocycles. The van der Waals surface area contributed by atoms with Gasteiger partial charge in [0.1, 0.15) is 6.67 Å². The van der Waals surface area contributed by atoms with Gasteiger partial charge in [0, 0.05) is 0 Å². The Morgan fingerprint density at radius 1 is 0.519 bits per heavy atom. The molecular weight excluding hydrogens is 336 g/mol. The van der Waals surface area contributed by atoms with E-state index < -0.39 is 0 Å². The highest BCUT2D eigenvalue weighted by Crippen LogP contribution is 2.63. The SMILES string of the molecule is O=C(N1CN1C(=O)C12CC3CC(CC(C3)C1)C2)C12CC3CC(CC(C3)C1)C2. The minimum absolute atomic E-state index is 0.106. The molecule has 4 nitrogen and oxygen atoms in total. The minimum Gasteiger partial charge on any atom is -0.272 e. The number of carbonyl (C=O) groups excluding carboxylic acids is 2. The third-order valence-corrected chi connectivity index (χ3v) is 9.93. The van der Waals surface area contributed by atoms with E-state index in [1.807, 2.05) is 10.0 Å². The molecule has 9 aliphatic rings. The molecule has 27 heavy (non-hydrogen) atoms. The second kappa shape index (κ2) is 4.91. The van der Waals surface area contributed by atoms with Gasteiger partial charge in [-0.05, 0) is 113 Å². The van der Waals surface area contributed by atoms with Crippen LogP contribution in [0, 0.1) is 46.3 Å². The van der Waals surface area contributed by atoms with E-state index in [1.165, 1.54) is 38.5 Å². The summed E-state index contributed by atoms with van der Waals surface area (Å²) < 4.78 is 0. The Balaban J connectivity index is 1.11. The summed E-state index contributed by atoms with van der Waals surface area (Å²) in [5.74, 6) is 5.35. The zero-order chi connectivity index (χ0) is 18.0. The van der Waals surface area contributed by atoms with Crippen LogP contribution in [0.1, 0.15) is 77.0 Å². The fraction of sp³-hybridized carbons (Fsp3) is 0.913. The van der Waals surface area contributed by atoms with Gasteiger partial charge in [-0.2, -0.15) is 0 Å². The van der Waals surface area contributed by atoms with E-state index in [-0.39, 0.29) is 10.8 Å². The third kappa shape index (κ3) is 2.11. The molecule has 8 saturated carbocycles. The van der Waals surface area contributed by atoms with Crippen LogP contribution in [-0.2, 0) is 9.59 Å². The van der Waals surface area contributed by atoms with E-state index in [4.69, 9.17) is 0 Å². The molecule has 9 rings (SSSR count). The zero-order valence-electron chi connectivity index (χ0n) is 16.4.